The van der Waals surface area contributed by atoms with E-state index < -0.39 is 0 Å². The number of likely N-dealkylation sites (tertiary alicyclic amines) is 1. The molecule has 92 valence electrons. The summed E-state index contributed by atoms with van der Waals surface area (Å²) in [7, 11) is 0. The summed E-state index contributed by atoms with van der Waals surface area (Å²) in [5, 5.41) is 12.6. The van der Waals surface area contributed by atoms with Crippen LogP contribution in [0.25, 0.3) is 0 Å². The number of nitrogens with one attached hydrogen (secondary N) is 1. The predicted molar refractivity (Wildman–Crippen MR) is 62.1 cm³/mol. The highest BCUT2D eigenvalue weighted by molar-refractivity contribution is 5.76. The molecule has 0 spiro atoms. The molecule has 1 atom stereocenters. The van der Waals surface area contributed by atoms with Gasteiger partial charge < -0.3 is 15.3 Å². The fourth-order valence-corrected chi connectivity index (χ4v) is 2.33. The minimum Gasteiger partial charge on any atom is -0.394 e. The molecule has 0 bridgehead atoms. The molecule has 0 radical (unpaired) electrons. The summed E-state index contributed by atoms with van der Waals surface area (Å²) in [6.45, 7) is 1.73. The lowest BCUT2D eigenvalue weighted by Gasteiger charge is -2.34. The van der Waals surface area contributed by atoms with E-state index in [0.29, 0.717) is 12.5 Å². The molecule has 2 fully saturated rings. The van der Waals surface area contributed by atoms with Gasteiger partial charge in [-0.1, -0.05) is 0 Å². The quantitative estimate of drug-likeness (QED) is 0.718. The van der Waals surface area contributed by atoms with Crippen LogP contribution in [0.3, 0.4) is 0 Å². The van der Waals surface area contributed by atoms with Crippen LogP contribution in [-0.2, 0) is 4.79 Å². The smallest absolute Gasteiger partial charge is 0.224 e. The number of rotatable bonds is 5. The minimum atomic E-state index is 0.0715. The Morgan fingerprint density at radius 2 is 2.12 bits per heavy atom. The van der Waals surface area contributed by atoms with Gasteiger partial charge >= 0.3 is 0 Å². The molecular weight excluding hydrogens is 204 g/mol. The van der Waals surface area contributed by atoms with Gasteiger partial charge in [-0.25, -0.2) is 0 Å². The van der Waals surface area contributed by atoms with Gasteiger partial charge in [0.2, 0.25) is 5.91 Å². The van der Waals surface area contributed by atoms with Crippen LogP contribution in [0.15, 0.2) is 0 Å². The van der Waals surface area contributed by atoms with Crippen molar-refractivity contribution in [2.45, 2.75) is 50.6 Å². The molecule has 1 aliphatic heterocycles. The van der Waals surface area contributed by atoms with Crippen LogP contribution >= 0.6 is 0 Å². The van der Waals surface area contributed by atoms with Gasteiger partial charge in [0.05, 0.1) is 12.6 Å². The van der Waals surface area contributed by atoms with Crippen molar-refractivity contribution in [3.05, 3.63) is 0 Å². The van der Waals surface area contributed by atoms with E-state index in [9.17, 15) is 9.90 Å². The van der Waals surface area contributed by atoms with E-state index in [-0.39, 0.29) is 18.6 Å². The Bertz CT molecular complexity index is 241. The Morgan fingerprint density at radius 1 is 1.31 bits per heavy atom. The second-order valence-corrected chi connectivity index (χ2v) is 4.90. The average Bonchev–Trinajstić information content (AvgIpc) is 3.13. The van der Waals surface area contributed by atoms with Crippen LogP contribution in [0.1, 0.15) is 38.5 Å². The van der Waals surface area contributed by atoms with Crippen molar-refractivity contribution in [1.82, 2.24) is 10.2 Å². The first-order chi connectivity index (χ1) is 7.81. The van der Waals surface area contributed by atoms with E-state index in [2.05, 4.69) is 5.32 Å². The normalized spacial score (nSPS) is 25.8. The molecule has 1 heterocycles. The third kappa shape index (κ3) is 3.19. The largest absolute Gasteiger partial charge is 0.394 e. The number of hydrogen-bond acceptors (Lipinski definition) is 3. The van der Waals surface area contributed by atoms with Crippen molar-refractivity contribution in [3.8, 4) is 0 Å². The summed E-state index contributed by atoms with van der Waals surface area (Å²) in [4.78, 5) is 13.8. The molecule has 1 aliphatic carbocycles. The molecule has 2 N–H and O–H groups in total. The van der Waals surface area contributed by atoms with Crippen molar-refractivity contribution in [1.29, 1.82) is 0 Å². The summed E-state index contributed by atoms with van der Waals surface area (Å²) in [5.74, 6) is 0.201. The zero-order chi connectivity index (χ0) is 11.4. The van der Waals surface area contributed by atoms with Crippen LogP contribution in [0, 0.1) is 0 Å². The predicted octanol–water partition coefficient (Wildman–Crippen LogP) is 0.502. The highest BCUT2D eigenvalue weighted by Gasteiger charge is 2.26. The summed E-state index contributed by atoms with van der Waals surface area (Å²) >= 11 is 0. The molecule has 1 amide bonds. The maximum atomic E-state index is 11.9. The Hall–Kier alpha value is -0.610. The fourth-order valence-electron chi connectivity index (χ4n) is 2.33. The van der Waals surface area contributed by atoms with Gasteiger partial charge in [-0.15, -0.1) is 0 Å². The highest BCUT2D eigenvalue weighted by Crippen LogP contribution is 2.19. The third-order valence-corrected chi connectivity index (χ3v) is 3.51. The lowest BCUT2D eigenvalue weighted by atomic mass is 10.0. The summed E-state index contributed by atoms with van der Waals surface area (Å²) < 4.78 is 0. The second kappa shape index (κ2) is 5.64. The molecule has 0 aromatic rings. The Morgan fingerprint density at radius 3 is 2.81 bits per heavy atom. The molecule has 1 unspecified atom stereocenters. The molecule has 1 saturated heterocycles. The fraction of sp³-hybridized carbons (Fsp3) is 0.917. The second-order valence-electron chi connectivity index (χ2n) is 4.90. The zero-order valence-corrected chi connectivity index (χ0v) is 9.82. The topological polar surface area (TPSA) is 52.6 Å². The molecule has 0 aromatic carbocycles. The van der Waals surface area contributed by atoms with Gasteiger partial charge in [-0.3, -0.25) is 4.79 Å². The monoisotopic (exact) mass is 226 g/mol. The Labute approximate surface area is 97.0 Å². The van der Waals surface area contributed by atoms with Crippen LogP contribution in [0.5, 0.6) is 0 Å². The van der Waals surface area contributed by atoms with Gasteiger partial charge in [0.15, 0.2) is 0 Å². The molecule has 2 aliphatic rings. The lowest BCUT2D eigenvalue weighted by Crippen LogP contribution is -2.46. The number of amides is 1. The highest BCUT2D eigenvalue weighted by atomic mass is 16.3. The van der Waals surface area contributed by atoms with Gasteiger partial charge in [0, 0.05) is 25.6 Å². The summed E-state index contributed by atoms with van der Waals surface area (Å²) in [6, 6.07) is 0.741. The van der Waals surface area contributed by atoms with E-state index >= 15 is 0 Å². The zero-order valence-electron chi connectivity index (χ0n) is 9.82. The number of nitrogens with zero attached hydrogens (tertiary/aromatic N) is 1. The maximum Gasteiger partial charge on any atom is 0.224 e. The standard InChI is InChI=1S/C12H22N2O2/c15-9-11-3-1-2-8-14(11)12(16)6-7-13-10-4-5-10/h10-11,13,15H,1-9H2. The number of piperidine rings is 1. The first-order valence-electron chi connectivity index (χ1n) is 6.45. The summed E-state index contributed by atoms with van der Waals surface area (Å²) in [6.07, 6.45) is 6.27. The Balaban J connectivity index is 1.72. The van der Waals surface area contributed by atoms with Crippen molar-refractivity contribution in [3.63, 3.8) is 0 Å². The van der Waals surface area contributed by atoms with E-state index in [0.717, 1.165) is 32.4 Å². The number of aliphatic hydroxyl groups excluding tert-OH is 1. The van der Waals surface area contributed by atoms with Crippen molar-refractivity contribution in [2.24, 2.45) is 0 Å². The first kappa shape index (κ1) is 11.9. The van der Waals surface area contributed by atoms with Crippen LogP contribution in [-0.4, -0.2) is 47.7 Å². The molecular formula is C12H22N2O2. The number of carbonyl (C=O) groups excluding carboxylic acids is 1. The van der Waals surface area contributed by atoms with Crippen molar-refractivity contribution < 1.29 is 9.90 Å². The molecule has 4 heteroatoms. The SMILES string of the molecule is O=C(CCNC1CC1)N1CCCCC1CO. The Kier molecular flexibility index (Phi) is 4.18. The number of aliphatic hydroxyl groups is 1. The third-order valence-electron chi connectivity index (χ3n) is 3.51. The molecule has 2 rings (SSSR count). The van der Waals surface area contributed by atoms with Gasteiger partial charge in [-0.2, -0.15) is 0 Å². The minimum absolute atomic E-state index is 0.0715. The number of carbonyl (C=O) groups is 1. The molecule has 4 nitrogen and oxygen atoms in total. The first-order valence-corrected chi connectivity index (χ1v) is 6.45. The summed E-state index contributed by atoms with van der Waals surface area (Å²) in [5.41, 5.74) is 0. The molecule has 16 heavy (non-hydrogen) atoms. The van der Waals surface area contributed by atoms with Gasteiger partial charge in [-0.05, 0) is 32.1 Å². The van der Waals surface area contributed by atoms with Crippen molar-refractivity contribution in [2.75, 3.05) is 19.7 Å². The van der Waals surface area contributed by atoms with Gasteiger partial charge in [0.25, 0.3) is 0 Å². The van der Waals surface area contributed by atoms with E-state index in [1.54, 1.807) is 0 Å². The van der Waals surface area contributed by atoms with Gasteiger partial charge in [0.1, 0.15) is 0 Å². The van der Waals surface area contributed by atoms with E-state index in [1.165, 1.54) is 12.8 Å². The van der Waals surface area contributed by atoms with Crippen molar-refractivity contribution >= 4 is 5.91 Å². The van der Waals surface area contributed by atoms with E-state index in [4.69, 9.17) is 0 Å². The van der Waals surface area contributed by atoms with Crippen LogP contribution in [0.4, 0.5) is 0 Å². The van der Waals surface area contributed by atoms with Crippen LogP contribution in [0.2, 0.25) is 0 Å². The van der Waals surface area contributed by atoms with Crippen LogP contribution < -0.4 is 5.32 Å². The average molecular weight is 226 g/mol. The molecule has 0 aromatic heterocycles. The maximum absolute atomic E-state index is 11.9. The lowest BCUT2D eigenvalue weighted by molar-refractivity contribution is -0.135. The molecule has 1 saturated carbocycles. The van der Waals surface area contributed by atoms with E-state index in [1.807, 2.05) is 4.90 Å². The number of hydrogen-bond donors (Lipinski definition) is 2.